The van der Waals surface area contributed by atoms with Crippen LogP contribution in [0.1, 0.15) is 55.9 Å². The van der Waals surface area contributed by atoms with E-state index < -0.39 is 5.60 Å². The topological polar surface area (TPSA) is 62.6 Å². The third-order valence-electron chi connectivity index (χ3n) is 6.89. The van der Waals surface area contributed by atoms with Gasteiger partial charge in [0.15, 0.2) is 0 Å². The molecule has 1 fully saturated rings. The predicted molar refractivity (Wildman–Crippen MR) is 146 cm³/mol. The second-order valence-corrected chi connectivity index (χ2v) is 11.0. The highest BCUT2D eigenvalue weighted by molar-refractivity contribution is 5.68. The van der Waals surface area contributed by atoms with E-state index in [4.69, 9.17) is 14.7 Å². The molecule has 0 unspecified atom stereocenters. The highest BCUT2D eigenvalue weighted by Crippen LogP contribution is 2.37. The highest BCUT2D eigenvalue weighted by atomic mass is 16.6. The Labute approximate surface area is 220 Å². The minimum Gasteiger partial charge on any atom is -0.444 e. The van der Waals surface area contributed by atoms with Crippen molar-refractivity contribution in [2.45, 2.75) is 58.2 Å². The second-order valence-electron chi connectivity index (χ2n) is 11.0. The molecule has 0 radical (unpaired) electrons. The molecule has 0 saturated carbocycles. The van der Waals surface area contributed by atoms with Crippen molar-refractivity contribution in [3.8, 4) is 17.2 Å². The van der Waals surface area contributed by atoms with Gasteiger partial charge in [-0.25, -0.2) is 4.79 Å². The molecule has 5 nitrogen and oxygen atoms in total. The van der Waals surface area contributed by atoms with Gasteiger partial charge >= 0.3 is 6.09 Å². The molecule has 0 atom stereocenters. The Hall–Kier alpha value is -3.62. The number of carbonyl (C=O) groups is 1. The van der Waals surface area contributed by atoms with E-state index in [9.17, 15) is 4.79 Å². The lowest BCUT2D eigenvalue weighted by molar-refractivity contribution is 0.00334. The number of nitrogens with zero attached hydrogens (tertiary/aromatic N) is 2. The van der Waals surface area contributed by atoms with Crippen molar-refractivity contribution in [1.82, 2.24) is 4.90 Å². The van der Waals surface area contributed by atoms with Crippen molar-refractivity contribution in [2.24, 2.45) is 0 Å². The van der Waals surface area contributed by atoms with Crippen LogP contribution in [0.15, 0.2) is 72.8 Å². The fourth-order valence-electron chi connectivity index (χ4n) is 4.97. The molecule has 5 heteroatoms. The van der Waals surface area contributed by atoms with Gasteiger partial charge in [0.25, 0.3) is 0 Å². The third kappa shape index (κ3) is 6.78. The molecule has 37 heavy (non-hydrogen) atoms. The average molecular weight is 497 g/mol. The van der Waals surface area contributed by atoms with Gasteiger partial charge in [-0.2, -0.15) is 5.26 Å². The number of ether oxygens (including phenoxy) is 2. The van der Waals surface area contributed by atoms with Crippen molar-refractivity contribution in [3.63, 3.8) is 0 Å². The summed E-state index contributed by atoms with van der Waals surface area (Å²) in [5.41, 5.74) is 5.74. The Morgan fingerprint density at radius 1 is 0.973 bits per heavy atom. The maximum Gasteiger partial charge on any atom is 0.410 e. The molecular formula is C32H36N2O3. The summed E-state index contributed by atoms with van der Waals surface area (Å²) in [6.45, 7) is 10.2. The first kappa shape index (κ1) is 26.4. The predicted octanol–water partition coefficient (Wildman–Crippen LogP) is 7.02. The van der Waals surface area contributed by atoms with Gasteiger partial charge in [-0.15, -0.1) is 0 Å². The van der Waals surface area contributed by atoms with Crippen LogP contribution in [0.5, 0.6) is 0 Å². The summed E-state index contributed by atoms with van der Waals surface area (Å²) in [5, 5.41) is 9.09. The van der Waals surface area contributed by atoms with E-state index in [2.05, 4.69) is 55.5 Å². The van der Waals surface area contributed by atoms with Crippen molar-refractivity contribution >= 4 is 6.09 Å². The van der Waals surface area contributed by atoms with E-state index in [1.54, 1.807) is 0 Å². The van der Waals surface area contributed by atoms with Gasteiger partial charge in [0.1, 0.15) is 5.60 Å². The average Bonchev–Trinajstić information content (AvgIpc) is 2.88. The zero-order valence-corrected chi connectivity index (χ0v) is 22.3. The zero-order valence-electron chi connectivity index (χ0n) is 22.3. The molecule has 0 N–H and O–H groups in total. The molecule has 0 bridgehead atoms. The van der Waals surface area contributed by atoms with Crippen molar-refractivity contribution < 1.29 is 14.3 Å². The number of amides is 1. The summed E-state index contributed by atoms with van der Waals surface area (Å²) in [6, 6.07) is 26.8. The number of carbonyl (C=O) groups excluding carboxylic acids is 1. The lowest BCUT2D eigenvalue weighted by atomic mass is 9.73. The van der Waals surface area contributed by atoms with E-state index in [1.807, 2.05) is 56.0 Å². The number of benzene rings is 3. The molecule has 192 valence electrons. The fourth-order valence-corrected chi connectivity index (χ4v) is 4.97. The first-order valence-electron chi connectivity index (χ1n) is 12.9. The van der Waals surface area contributed by atoms with Crippen LogP contribution in [0.25, 0.3) is 11.1 Å². The van der Waals surface area contributed by atoms with Crippen LogP contribution in [-0.2, 0) is 21.5 Å². The van der Waals surface area contributed by atoms with Gasteiger partial charge in [-0.1, -0.05) is 60.2 Å². The summed E-state index contributed by atoms with van der Waals surface area (Å²) in [5.74, 6) is 0. The van der Waals surface area contributed by atoms with Gasteiger partial charge < -0.3 is 14.4 Å². The number of hydrogen-bond donors (Lipinski definition) is 0. The van der Waals surface area contributed by atoms with E-state index in [1.165, 1.54) is 11.1 Å². The summed E-state index contributed by atoms with van der Waals surface area (Å²) < 4.78 is 12.0. The molecule has 1 aliphatic heterocycles. The normalized spacial score (nSPS) is 15.2. The van der Waals surface area contributed by atoms with Gasteiger partial charge in [-0.3, -0.25) is 0 Å². The monoisotopic (exact) mass is 496 g/mol. The first-order chi connectivity index (χ1) is 17.7. The van der Waals surface area contributed by atoms with Gasteiger partial charge in [0.05, 0.1) is 24.8 Å². The minimum absolute atomic E-state index is 0.153. The SMILES string of the molecule is Cc1cc(COCC2(c3ccccc3)CCN(C(=O)OC(C)(C)C)CC2)cc(-c2ccc(C#N)cc2)c1. The molecule has 4 rings (SSSR count). The quantitative estimate of drug-likeness (QED) is 0.368. The van der Waals surface area contributed by atoms with E-state index in [0.29, 0.717) is 31.9 Å². The lowest BCUT2D eigenvalue weighted by Crippen LogP contribution is -2.48. The van der Waals surface area contributed by atoms with Crippen LogP contribution < -0.4 is 0 Å². The number of likely N-dealkylation sites (tertiary alicyclic amines) is 1. The first-order valence-corrected chi connectivity index (χ1v) is 12.9. The Bertz CT molecular complexity index is 1250. The molecule has 1 heterocycles. The second kappa shape index (κ2) is 11.2. The summed E-state index contributed by atoms with van der Waals surface area (Å²) in [4.78, 5) is 14.4. The van der Waals surface area contributed by atoms with Crippen LogP contribution in [0.4, 0.5) is 4.79 Å². The number of hydrogen-bond acceptors (Lipinski definition) is 4. The fraction of sp³-hybridized carbons (Fsp3) is 0.375. The summed E-state index contributed by atoms with van der Waals surface area (Å²) in [7, 11) is 0. The van der Waals surface area contributed by atoms with Gasteiger partial charge in [0, 0.05) is 18.5 Å². The lowest BCUT2D eigenvalue weighted by Gasteiger charge is -2.42. The maximum absolute atomic E-state index is 12.6. The number of nitriles is 1. The molecule has 3 aromatic carbocycles. The standard InChI is InChI=1S/C32H36N2O3/c1-24-18-26(20-28(19-24)27-12-10-25(21-33)11-13-27)22-36-23-32(29-8-6-5-7-9-29)14-16-34(17-15-32)30(35)37-31(2,3)4/h5-13,18-20H,14-17,22-23H2,1-4H3. The molecule has 1 aliphatic rings. The van der Waals surface area contributed by atoms with E-state index in [-0.39, 0.29) is 11.5 Å². The molecule has 0 aromatic heterocycles. The van der Waals surface area contributed by atoms with E-state index >= 15 is 0 Å². The number of piperidine rings is 1. The van der Waals surface area contributed by atoms with Crippen LogP contribution in [0, 0.1) is 18.3 Å². The Balaban J connectivity index is 1.46. The van der Waals surface area contributed by atoms with Crippen LogP contribution in [0.3, 0.4) is 0 Å². The largest absolute Gasteiger partial charge is 0.444 e. The highest BCUT2D eigenvalue weighted by Gasteiger charge is 2.38. The van der Waals surface area contributed by atoms with Gasteiger partial charge in [-0.05, 0) is 81.0 Å². The number of rotatable bonds is 6. The van der Waals surface area contributed by atoms with Crippen LogP contribution in [-0.4, -0.2) is 36.3 Å². The Morgan fingerprint density at radius 3 is 2.27 bits per heavy atom. The maximum atomic E-state index is 12.6. The smallest absolute Gasteiger partial charge is 0.410 e. The third-order valence-corrected chi connectivity index (χ3v) is 6.89. The molecule has 1 saturated heterocycles. The van der Waals surface area contributed by atoms with Crippen LogP contribution >= 0.6 is 0 Å². The molecule has 3 aromatic rings. The molecular weight excluding hydrogens is 460 g/mol. The minimum atomic E-state index is -0.501. The van der Waals surface area contributed by atoms with Crippen LogP contribution in [0.2, 0.25) is 0 Å². The zero-order chi connectivity index (χ0) is 26.5. The number of aryl methyl sites for hydroxylation is 1. The van der Waals surface area contributed by atoms with Crippen molar-refractivity contribution in [2.75, 3.05) is 19.7 Å². The Morgan fingerprint density at radius 2 is 1.65 bits per heavy atom. The molecule has 1 amide bonds. The van der Waals surface area contributed by atoms with Crippen molar-refractivity contribution in [1.29, 1.82) is 5.26 Å². The summed E-state index contributed by atoms with van der Waals surface area (Å²) in [6.07, 6.45) is 1.39. The van der Waals surface area contributed by atoms with Crippen molar-refractivity contribution in [3.05, 3.63) is 95.1 Å². The molecule has 0 aliphatic carbocycles. The van der Waals surface area contributed by atoms with E-state index in [0.717, 1.165) is 29.5 Å². The molecule has 0 spiro atoms. The Kier molecular flexibility index (Phi) is 8.00. The summed E-state index contributed by atoms with van der Waals surface area (Å²) >= 11 is 0. The van der Waals surface area contributed by atoms with Gasteiger partial charge in [0.2, 0.25) is 0 Å².